The molecule has 0 radical (unpaired) electrons. The van der Waals surface area contributed by atoms with Crippen LogP contribution >= 0.6 is 0 Å². The number of hydrogen-bond donors (Lipinski definition) is 1. The molecule has 2 aromatic carbocycles. The molecular formula is C31H41N7O. The third-order valence-electron chi connectivity index (χ3n) is 8.40. The maximum absolute atomic E-state index is 13.1. The molecule has 39 heavy (non-hydrogen) atoms. The number of carbonyl (C=O) groups excluding carboxylic acids is 1. The molecule has 0 atom stereocenters. The summed E-state index contributed by atoms with van der Waals surface area (Å²) in [6.45, 7) is 7.14. The molecule has 206 valence electrons. The smallest absolute Gasteiger partial charge is 0.257 e. The van der Waals surface area contributed by atoms with Gasteiger partial charge in [0.25, 0.3) is 5.91 Å². The maximum Gasteiger partial charge on any atom is 0.257 e. The minimum Gasteiger partial charge on any atom is -0.310 e. The number of aryl methyl sites for hydroxylation is 1. The number of hydrogen-bond acceptors (Lipinski definition) is 6. The zero-order valence-corrected chi connectivity index (χ0v) is 23.4. The van der Waals surface area contributed by atoms with Crippen LogP contribution in [-0.4, -0.2) is 83.0 Å². The molecule has 8 nitrogen and oxygen atoms in total. The van der Waals surface area contributed by atoms with Gasteiger partial charge in [0.2, 0.25) is 5.95 Å². The predicted octanol–water partition coefficient (Wildman–Crippen LogP) is 4.56. The third-order valence-corrected chi connectivity index (χ3v) is 8.40. The van der Waals surface area contributed by atoms with Gasteiger partial charge in [0.15, 0.2) is 0 Å². The van der Waals surface area contributed by atoms with Crippen molar-refractivity contribution in [2.24, 2.45) is 0 Å². The number of fused-ring (bicyclic) bond motifs is 1. The molecule has 1 saturated heterocycles. The van der Waals surface area contributed by atoms with Gasteiger partial charge < -0.3 is 14.4 Å². The number of likely N-dealkylation sites (N-methyl/N-ethyl adjacent to an activating group) is 1. The molecule has 5 rings (SSSR count). The largest absolute Gasteiger partial charge is 0.310 e. The van der Waals surface area contributed by atoms with Crippen molar-refractivity contribution in [1.29, 1.82) is 5.26 Å². The molecular weight excluding hydrogens is 486 g/mol. The number of carbonyl (C=O) groups is 1. The number of nitriles is 1. The van der Waals surface area contributed by atoms with E-state index in [-0.39, 0.29) is 5.91 Å². The van der Waals surface area contributed by atoms with E-state index in [1.165, 1.54) is 37.7 Å². The average Bonchev–Trinajstić information content (AvgIpc) is 3.30. The first-order valence-corrected chi connectivity index (χ1v) is 14.4. The summed E-state index contributed by atoms with van der Waals surface area (Å²) in [7, 11) is 4.42. The van der Waals surface area contributed by atoms with Crippen molar-refractivity contribution in [3.8, 4) is 6.07 Å². The zero-order valence-electron chi connectivity index (χ0n) is 23.4. The number of nitrogens with one attached hydrogen (secondary N) is 1. The molecule has 0 unspecified atom stereocenters. The molecule has 2 heterocycles. The molecule has 2 fully saturated rings. The number of piperazine rings is 1. The molecule has 1 N–H and O–H groups in total. The first-order valence-electron chi connectivity index (χ1n) is 14.4. The van der Waals surface area contributed by atoms with Crippen molar-refractivity contribution in [3.63, 3.8) is 0 Å². The van der Waals surface area contributed by atoms with Gasteiger partial charge in [0, 0.05) is 50.9 Å². The highest BCUT2D eigenvalue weighted by atomic mass is 16.1. The van der Waals surface area contributed by atoms with E-state index in [0.29, 0.717) is 23.1 Å². The quantitative estimate of drug-likeness (QED) is 0.439. The molecule has 8 heteroatoms. The molecule has 0 bridgehead atoms. The topological polar surface area (TPSA) is 80.4 Å². The number of imidazole rings is 1. The second kappa shape index (κ2) is 12.7. The summed E-state index contributed by atoms with van der Waals surface area (Å²) in [5.74, 6) is 0.364. The van der Waals surface area contributed by atoms with Crippen molar-refractivity contribution in [2.75, 3.05) is 52.1 Å². The van der Waals surface area contributed by atoms with E-state index in [1.807, 2.05) is 0 Å². The molecule has 1 aliphatic heterocycles. The van der Waals surface area contributed by atoms with Crippen molar-refractivity contribution < 1.29 is 4.79 Å². The van der Waals surface area contributed by atoms with Crippen LogP contribution in [0.2, 0.25) is 0 Å². The summed E-state index contributed by atoms with van der Waals surface area (Å²) in [5, 5.41) is 12.1. The van der Waals surface area contributed by atoms with Gasteiger partial charge in [-0.3, -0.25) is 15.0 Å². The second-order valence-corrected chi connectivity index (χ2v) is 11.3. The van der Waals surface area contributed by atoms with Gasteiger partial charge in [-0.1, -0.05) is 25.3 Å². The summed E-state index contributed by atoms with van der Waals surface area (Å²) >= 11 is 0. The molecule has 3 aromatic rings. The lowest BCUT2D eigenvalue weighted by Crippen LogP contribution is -2.44. The maximum atomic E-state index is 13.1. The number of nitrogens with zero attached hydrogens (tertiary/aromatic N) is 6. The van der Waals surface area contributed by atoms with Gasteiger partial charge in [-0.25, -0.2) is 4.98 Å². The van der Waals surface area contributed by atoms with Crippen LogP contribution < -0.4 is 5.32 Å². The summed E-state index contributed by atoms with van der Waals surface area (Å²) in [5.41, 5.74) is 4.27. The molecule has 0 spiro atoms. The number of benzene rings is 2. The van der Waals surface area contributed by atoms with Crippen LogP contribution in [0.15, 0.2) is 42.5 Å². The minimum atomic E-state index is -0.215. The molecule has 1 amide bonds. The van der Waals surface area contributed by atoms with Gasteiger partial charge >= 0.3 is 0 Å². The monoisotopic (exact) mass is 527 g/mol. The van der Waals surface area contributed by atoms with E-state index in [2.05, 4.69) is 62.9 Å². The molecule has 1 saturated carbocycles. The van der Waals surface area contributed by atoms with Gasteiger partial charge in [0.1, 0.15) is 0 Å². The van der Waals surface area contributed by atoms with E-state index in [0.717, 1.165) is 63.3 Å². The Hall–Kier alpha value is -3.25. The standard InChI is InChI=1S/C31H41N7O/c1-35-17-19-37(20-18-35)15-6-16-38-29-14-11-25(23-36(2)27-7-4-3-5-8-27)21-28(29)33-31(38)34-30(39)26-12-9-24(22-32)10-13-26/h9-14,21,27H,3-8,15-20,23H2,1-2H3,(H,33,34,39). The third kappa shape index (κ3) is 6.85. The number of aromatic nitrogens is 2. The van der Waals surface area contributed by atoms with Gasteiger partial charge in [-0.2, -0.15) is 5.26 Å². The van der Waals surface area contributed by atoms with Crippen LogP contribution in [0.3, 0.4) is 0 Å². The summed E-state index contributed by atoms with van der Waals surface area (Å²) in [6.07, 6.45) is 7.57. The minimum absolute atomic E-state index is 0.215. The number of amides is 1. The van der Waals surface area contributed by atoms with E-state index < -0.39 is 0 Å². The summed E-state index contributed by atoms with van der Waals surface area (Å²) in [4.78, 5) is 25.4. The SMILES string of the molecule is CN1CCN(CCCn2c(NC(=O)c3ccc(C#N)cc3)nc3cc(CN(C)C4CCCCC4)ccc32)CC1. The zero-order chi connectivity index (χ0) is 27.2. The van der Waals surface area contributed by atoms with Crippen LogP contribution in [0.4, 0.5) is 5.95 Å². The predicted molar refractivity (Wildman–Crippen MR) is 156 cm³/mol. The molecule has 2 aliphatic rings. The Morgan fingerprint density at radius 1 is 1.05 bits per heavy atom. The fourth-order valence-electron chi connectivity index (χ4n) is 5.93. The molecule has 1 aliphatic carbocycles. The van der Waals surface area contributed by atoms with Crippen LogP contribution in [0.5, 0.6) is 0 Å². The average molecular weight is 528 g/mol. The Bertz CT molecular complexity index is 1290. The van der Waals surface area contributed by atoms with Crippen LogP contribution in [0.25, 0.3) is 11.0 Å². The van der Waals surface area contributed by atoms with Gasteiger partial charge in [0.05, 0.1) is 22.7 Å². The fraction of sp³-hybridized carbons (Fsp3) is 0.516. The van der Waals surface area contributed by atoms with E-state index in [9.17, 15) is 4.79 Å². The second-order valence-electron chi connectivity index (χ2n) is 11.3. The van der Waals surface area contributed by atoms with Gasteiger partial charge in [-0.05, 0) is 81.9 Å². The Balaban J connectivity index is 1.34. The summed E-state index contributed by atoms with van der Waals surface area (Å²) < 4.78 is 2.15. The number of anilines is 1. The lowest BCUT2D eigenvalue weighted by atomic mass is 9.94. The van der Waals surface area contributed by atoms with Crippen LogP contribution in [-0.2, 0) is 13.1 Å². The first kappa shape index (κ1) is 27.3. The van der Waals surface area contributed by atoms with Gasteiger partial charge in [-0.15, -0.1) is 0 Å². The van der Waals surface area contributed by atoms with E-state index in [1.54, 1.807) is 24.3 Å². The van der Waals surface area contributed by atoms with Crippen molar-refractivity contribution in [1.82, 2.24) is 24.3 Å². The normalized spacial score (nSPS) is 17.5. The lowest BCUT2D eigenvalue weighted by molar-refractivity contribution is 0.102. The number of rotatable bonds is 9. The van der Waals surface area contributed by atoms with E-state index in [4.69, 9.17) is 10.2 Å². The van der Waals surface area contributed by atoms with E-state index >= 15 is 0 Å². The first-order chi connectivity index (χ1) is 19.0. The Morgan fingerprint density at radius 2 is 1.79 bits per heavy atom. The molecule has 1 aromatic heterocycles. The highest BCUT2D eigenvalue weighted by Gasteiger charge is 2.20. The highest BCUT2D eigenvalue weighted by Crippen LogP contribution is 2.26. The Kier molecular flexibility index (Phi) is 8.92. The Labute approximate surface area is 232 Å². The lowest BCUT2D eigenvalue weighted by Gasteiger charge is -2.32. The van der Waals surface area contributed by atoms with Crippen LogP contribution in [0, 0.1) is 11.3 Å². The van der Waals surface area contributed by atoms with Crippen LogP contribution in [0.1, 0.15) is 60.0 Å². The van der Waals surface area contributed by atoms with Crippen molar-refractivity contribution in [2.45, 2.75) is 57.7 Å². The van der Waals surface area contributed by atoms with Crippen molar-refractivity contribution >= 4 is 22.9 Å². The van der Waals surface area contributed by atoms with Crippen molar-refractivity contribution in [3.05, 3.63) is 59.2 Å². The highest BCUT2D eigenvalue weighted by molar-refractivity contribution is 6.04. The summed E-state index contributed by atoms with van der Waals surface area (Å²) in [6, 6.07) is 16.0. The Morgan fingerprint density at radius 3 is 2.51 bits per heavy atom. The fourth-order valence-corrected chi connectivity index (χ4v) is 5.93.